The number of nitriles is 1. The van der Waals surface area contributed by atoms with Crippen LogP contribution in [0.2, 0.25) is 0 Å². The van der Waals surface area contributed by atoms with Crippen molar-refractivity contribution >= 4 is 28.0 Å². The number of aromatic nitrogens is 4. The van der Waals surface area contributed by atoms with Crippen LogP contribution in [0.5, 0.6) is 0 Å². The number of fused-ring (bicyclic) bond motifs is 2. The molecule has 162 valence electrons. The van der Waals surface area contributed by atoms with E-state index in [9.17, 15) is 10.1 Å². The highest BCUT2D eigenvalue weighted by atomic mass is 16.3. The van der Waals surface area contributed by atoms with Crippen molar-refractivity contribution in [3.63, 3.8) is 0 Å². The van der Waals surface area contributed by atoms with Crippen molar-refractivity contribution in [2.45, 2.75) is 45.1 Å². The van der Waals surface area contributed by atoms with Crippen LogP contribution in [-0.4, -0.2) is 32.1 Å². The molecule has 0 amide bonds. The van der Waals surface area contributed by atoms with Gasteiger partial charge in [-0.3, -0.25) is 4.57 Å². The van der Waals surface area contributed by atoms with E-state index in [-0.39, 0.29) is 17.6 Å². The molecule has 0 N–H and O–H groups in total. The summed E-state index contributed by atoms with van der Waals surface area (Å²) in [6.45, 7) is 4.88. The van der Waals surface area contributed by atoms with Crippen molar-refractivity contribution in [2.75, 3.05) is 11.4 Å². The fourth-order valence-electron chi connectivity index (χ4n) is 4.64. The molecule has 1 saturated heterocycles. The molecule has 0 spiro atoms. The molecule has 1 aliphatic rings. The smallest absolute Gasteiger partial charge is 0.349 e. The SMILES string of the molecule is CCC1CC(c2nc3cc(C)ccc3o2)CCN1c1nc(=O)n(C)c2ccc(C#N)nc12. The maximum atomic E-state index is 12.6. The first-order valence-corrected chi connectivity index (χ1v) is 10.9. The Balaban J connectivity index is 1.52. The molecule has 3 aromatic heterocycles. The third-order valence-corrected chi connectivity index (χ3v) is 6.42. The van der Waals surface area contributed by atoms with Crippen LogP contribution in [0.4, 0.5) is 5.82 Å². The van der Waals surface area contributed by atoms with Gasteiger partial charge in [0.05, 0.1) is 5.52 Å². The number of rotatable bonds is 3. The molecule has 0 radical (unpaired) electrons. The molecule has 32 heavy (non-hydrogen) atoms. The lowest BCUT2D eigenvalue weighted by molar-refractivity contribution is 0.351. The molecule has 4 aromatic rings. The highest BCUT2D eigenvalue weighted by Crippen LogP contribution is 2.37. The van der Waals surface area contributed by atoms with Crippen molar-refractivity contribution in [1.82, 2.24) is 19.5 Å². The molecule has 5 rings (SSSR count). The van der Waals surface area contributed by atoms with E-state index in [0.717, 1.165) is 41.8 Å². The summed E-state index contributed by atoms with van der Waals surface area (Å²) < 4.78 is 7.56. The van der Waals surface area contributed by atoms with Gasteiger partial charge in [-0.1, -0.05) is 13.0 Å². The van der Waals surface area contributed by atoms with Crippen LogP contribution in [0.15, 0.2) is 39.5 Å². The highest BCUT2D eigenvalue weighted by molar-refractivity contribution is 5.86. The van der Waals surface area contributed by atoms with Crippen molar-refractivity contribution in [2.24, 2.45) is 7.05 Å². The van der Waals surface area contributed by atoms with Gasteiger partial charge in [-0.25, -0.2) is 14.8 Å². The summed E-state index contributed by atoms with van der Waals surface area (Å²) in [6.07, 6.45) is 2.56. The van der Waals surface area contributed by atoms with E-state index in [1.54, 1.807) is 19.2 Å². The summed E-state index contributed by atoms with van der Waals surface area (Å²) in [5.41, 5.74) is 4.10. The molecule has 8 heteroatoms. The van der Waals surface area contributed by atoms with Crippen LogP contribution < -0.4 is 10.6 Å². The summed E-state index contributed by atoms with van der Waals surface area (Å²) in [5, 5.41) is 9.33. The molecular weight excluding hydrogens is 404 g/mol. The predicted octanol–water partition coefficient (Wildman–Crippen LogP) is 3.81. The first-order valence-electron chi connectivity index (χ1n) is 10.9. The maximum absolute atomic E-state index is 12.6. The van der Waals surface area contributed by atoms with Crippen molar-refractivity contribution in [1.29, 1.82) is 5.26 Å². The third kappa shape index (κ3) is 3.30. The topological polar surface area (TPSA) is 101 Å². The van der Waals surface area contributed by atoms with E-state index in [1.165, 1.54) is 4.57 Å². The van der Waals surface area contributed by atoms with Crippen LogP contribution in [0.25, 0.3) is 22.1 Å². The van der Waals surface area contributed by atoms with E-state index in [0.29, 0.717) is 29.1 Å². The standard InChI is InChI=1S/C24H24N6O2/c1-4-17-12-15(23-27-18-11-14(2)5-8-20(18)32-23)9-10-30(17)22-21-19(29(3)24(31)28-22)7-6-16(13-25)26-21/h5-8,11,15,17H,4,9-10,12H2,1-3H3. The van der Waals surface area contributed by atoms with E-state index in [1.807, 2.05) is 25.1 Å². The highest BCUT2D eigenvalue weighted by Gasteiger charge is 2.33. The average molecular weight is 428 g/mol. The predicted molar refractivity (Wildman–Crippen MR) is 122 cm³/mol. The Labute approximate surface area is 185 Å². The lowest BCUT2D eigenvalue weighted by Gasteiger charge is -2.39. The average Bonchev–Trinajstić information content (AvgIpc) is 3.24. The minimum absolute atomic E-state index is 0.154. The van der Waals surface area contributed by atoms with Crippen LogP contribution >= 0.6 is 0 Å². The molecule has 2 atom stereocenters. The number of benzene rings is 1. The molecule has 0 bridgehead atoms. The lowest BCUT2D eigenvalue weighted by atomic mass is 9.89. The molecule has 1 fully saturated rings. The monoisotopic (exact) mass is 428 g/mol. The van der Waals surface area contributed by atoms with E-state index in [4.69, 9.17) is 9.40 Å². The second-order valence-corrected chi connectivity index (χ2v) is 8.45. The molecule has 1 aromatic carbocycles. The molecule has 2 unspecified atom stereocenters. The van der Waals surface area contributed by atoms with Gasteiger partial charge in [0.25, 0.3) is 0 Å². The van der Waals surface area contributed by atoms with E-state index >= 15 is 0 Å². The van der Waals surface area contributed by atoms with Crippen LogP contribution in [0, 0.1) is 18.3 Å². The van der Waals surface area contributed by atoms with Gasteiger partial charge in [0.15, 0.2) is 17.3 Å². The molecular formula is C24H24N6O2. The zero-order chi connectivity index (χ0) is 22.4. The largest absolute Gasteiger partial charge is 0.440 e. The number of aryl methyl sites for hydroxylation is 2. The van der Waals surface area contributed by atoms with Gasteiger partial charge in [-0.15, -0.1) is 0 Å². The second-order valence-electron chi connectivity index (χ2n) is 8.45. The number of hydrogen-bond acceptors (Lipinski definition) is 7. The fourth-order valence-corrected chi connectivity index (χ4v) is 4.64. The molecule has 0 saturated carbocycles. The number of anilines is 1. The number of oxazole rings is 1. The van der Waals surface area contributed by atoms with Crippen molar-refractivity contribution < 1.29 is 4.42 Å². The van der Waals surface area contributed by atoms with Crippen molar-refractivity contribution in [3.05, 3.63) is 58.0 Å². The van der Waals surface area contributed by atoms with Gasteiger partial charge in [0.1, 0.15) is 22.8 Å². The number of piperidine rings is 1. The quantitative estimate of drug-likeness (QED) is 0.489. The van der Waals surface area contributed by atoms with E-state index < -0.39 is 0 Å². The summed E-state index contributed by atoms with van der Waals surface area (Å²) in [6, 6.07) is 11.7. The maximum Gasteiger partial charge on any atom is 0.349 e. The lowest BCUT2D eigenvalue weighted by Crippen LogP contribution is -2.43. The zero-order valence-corrected chi connectivity index (χ0v) is 18.4. The Bertz CT molecular complexity index is 1430. The summed E-state index contributed by atoms with van der Waals surface area (Å²) >= 11 is 0. The van der Waals surface area contributed by atoms with Gasteiger partial charge >= 0.3 is 5.69 Å². The number of hydrogen-bond donors (Lipinski definition) is 0. The summed E-state index contributed by atoms with van der Waals surface area (Å²) in [4.78, 5) is 28.4. The first-order chi connectivity index (χ1) is 15.5. The normalized spacial score (nSPS) is 18.9. The Kier molecular flexibility index (Phi) is 4.89. The third-order valence-electron chi connectivity index (χ3n) is 6.42. The molecule has 8 nitrogen and oxygen atoms in total. The molecule has 0 aliphatic carbocycles. The number of pyridine rings is 1. The molecule has 1 aliphatic heterocycles. The Morgan fingerprint density at radius 2 is 2.06 bits per heavy atom. The van der Waals surface area contributed by atoms with Gasteiger partial charge in [0, 0.05) is 25.6 Å². The van der Waals surface area contributed by atoms with Gasteiger partial charge in [-0.05, 0) is 56.0 Å². The zero-order valence-electron chi connectivity index (χ0n) is 18.4. The summed E-state index contributed by atoms with van der Waals surface area (Å²) in [7, 11) is 1.67. The molecule has 4 heterocycles. The first kappa shape index (κ1) is 20.2. The van der Waals surface area contributed by atoms with Gasteiger partial charge in [-0.2, -0.15) is 10.2 Å². The Hall–Kier alpha value is -3.73. The summed E-state index contributed by atoms with van der Waals surface area (Å²) in [5.74, 6) is 1.53. The van der Waals surface area contributed by atoms with Gasteiger partial charge < -0.3 is 9.32 Å². The Morgan fingerprint density at radius 3 is 2.84 bits per heavy atom. The fraction of sp³-hybridized carbons (Fsp3) is 0.375. The Morgan fingerprint density at radius 1 is 1.22 bits per heavy atom. The van der Waals surface area contributed by atoms with Crippen LogP contribution in [0.1, 0.15) is 49.3 Å². The minimum atomic E-state index is -0.328. The number of nitrogens with zero attached hydrogens (tertiary/aromatic N) is 6. The van der Waals surface area contributed by atoms with Crippen LogP contribution in [0.3, 0.4) is 0 Å². The minimum Gasteiger partial charge on any atom is -0.440 e. The van der Waals surface area contributed by atoms with Gasteiger partial charge in [0.2, 0.25) is 0 Å². The van der Waals surface area contributed by atoms with Crippen LogP contribution in [-0.2, 0) is 7.05 Å². The van der Waals surface area contributed by atoms with Crippen molar-refractivity contribution in [3.8, 4) is 6.07 Å². The van der Waals surface area contributed by atoms with E-state index in [2.05, 4.69) is 27.9 Å². The second kappa shape index (κ2) is 7.75.